The van der Waals surface area contributed by atoms with Crippen molar-refractivity contribution in [1.29, 1.82) is 0 Å². The number of rotatable bonds is 5. The van der Waals surface area contributed by atoms with E-state index >= 15 is 0 Å². The highest BCUT2D eigenvalue weighted by molar-refractivity contribution is 5.95. The quantitative estimate of drug-likeness (QED) is 0.813. The average molecular weight is 345 g/mol. The Morgan fingerprint density at radius 3 is 2.88 bits per heavy atom. The Morgan fingerprint density at radius 1 is 1.44 bits per heavy atom. The number of carbonyl (C=O) groups is 2. The number of carbonyl (C=O) groups excluding carboxylic acids is 2. The highest BCUT2D eigenvalue weighted by atomic mass is 16.5. The number of likely N-dealkylation sites (tertiary alicyclic amines) is 2. The Morgan fingerprint density at radius 2 is 2.24 bits per heavy atom. The first-order valence-electron chi connectivity index (χ1n) is 9.04. The Labute approximate surface area is 149 Å². The van der Waals surface area contributed by atoms with Gasteiger partial charge in [0.2, 0.25) is 5.91 Å². The normalized spacial score (nSPS) is 26.0. The molecule has 3 heterocycles. The van der Waals surface area contributed by atoms with Gasteiger partial charge in [0.15, 0.2) is 0 Å². The number of aryl methyl sites for hydroxylation is 1. The van der Waals surface area contributed by atoms with Crippen LogP contribution < -0.4 is 0 Å². The molecule has 25 heavy (non-hydrogen) atoms. The molecule has 6 heteroatoms. The van der Waals surface area contributed by atoms with Crippen LogP contribution in [0.2, 0.25) is 0 Å². The highest BCUT2D eigenvalue weighted by Crippen LogP contribution is 2.44. The lowest BCUT2D eigenvalue weighted by Crippen LogP contribution is -2.41. The van der Waals surface area contributed by atoms with Gasteiger partial charge in [0, 0.05) is 45.2 Å². The minimum atomic E-state index is -0.430. The van der Waals surface area contributed by atoms with Gasteiger partial charge in [0.25, 0.3) is 5.91 Å². The third-order valence-corrected chi connectivity index (χ3v) is 5.74. The molecule has 1 aromatic rings. The maximum atomic E-state index is 13.0. The summed E-state index contributed by atoms with van der Waals surface area (Å²) in [6.07, 6.45) is 3.32. The van der Waals surface area contributed by atoms with Crippen LogP contribution in [-0.4, -0.2) is 66.5 Å². The topological polar surface area (TPSA) is 62.7 Å². The number of hydrogen-bond acceptors (Lipinski definition) is 4. The van der Waals surface area contributed by atoms with Crippen molar-refractivity contribution in [2.24, 2.45) is 11.3 Å². The van der Waals surface area contributed by atoms with E-state index in [9.17, 15) is 9.59 Å². The molecule has 0 aromatic carbocycles. The van der Waals surface area contributed by atoms with Crippen LogP contribution in [0.4, 0.5) is 0 Å². The molecule has 2 atom stereocenters. The van der Waals surface area contributed by atoms with Crippen LogP contribution in [0.1, 0.15) is 36.3 Å². The van der Waals surface area contributed by atoms with Crippen molar-refractivity contribution in [3.63, 3.8) is 0 Å². The molecule has 2 fully saturated rings. The zero-order chi connectivity index (χ0) is 18.0. The Balaban J connectivity index is 1.72. The van der Waals surface area contributed by atoms with E-state index in [2.05, 4.69) is 11.9 Å². The molecule has 0 radical (unpaired) electrons. The van der Waals surface area contributed by atoms with E-state index in [0.29, 0.717) is 31.8 Å². The van der Waals surface area contributed by atoms with Gasteiger partial charge in [-0.1, -0.05) is 13.8 Å². The van der Waals surface area contributed by atoms with E-state index in [0.717, 1.165) is 25.1 Å². The fourth-order valence-corrected chi connectivity index (χ4v) is 4.04. The Bertz CT molecular complexity index is 646. The van der Waals surface area contributed by atoms with Gasteiger partial charge in [-0.2, -0.15) is 0 Å². The van der Waals surface area contributed by atoms with Gasteiger partial charge in [-0.25, -0.2) is 0 Å². The molecular weight excluding hydrogens is 318 g/mol. The van der Waals surface area contributed by atoms with Gasteiger partial charge < -0.3 is 14.5 Å². The highest BCUT2D eigenvalue weighted by Gasteiger charge is 2.55. The molecule has 3 rings (SSSR count). The molecule has 2 amide bonds. The molecule has 136 valence electrons. The van der Waals surface area contributed by atoms with Crippen LogP contribution in [-0.2, 0) is 16.0 Å². The summed E-state index contributed by atoms with van der Waals surface area (Å²) in [5.74, 6) is 0.313. The second-order valence-corrected chi connectivity index (χ2v) is 7.17. The molecule has 0 bridgehead atoms. The van der Waals surface area contributed by atoms with E-state index in [1.807, 2.05) is 28.9 Å². The van der Waals surface area contributed by atoms with Crippen LogP contribution in [0.15, 0.2) is 18.3 Å². The number of nitrogens with zero attached hydrogens (tertiary/aromatic N) is 3. The molecule has 1 spiro atoms. The monoisotopic (exact) mass is 345 g/mol. The summed E-state index contributed by atoms with van der Waals surface area (Å²) in [5.41, 5.74) is 1.14. The van der Waals surface area contributed by atoms with Gasteiger partial charge in [-0.3, -0.25) is 14.6 Å². The summed E-state index contributed by atoms with van der Waals surface area (Å²) < 4.78 is 5.10. The van der Waals surface area contributed by atoms with Gasteiger partial charge in [0.1, 0.15) is 0 Å². The average Bonchev–Trinajstić information content (AvgIpc) is 3.14. The van der Waals surface area contributed by atoms with E-state index in [4.69, 9.17) is 4.74 Å². The van der Waals surface area contributed by atoms with E-state index < -0.39 is 5.41 Å². The number of hydrogen-bond donors (Lipinski definition) is 0. The minimum Gasteiger partial charge on any atom is -0.383 e. The lowest BCUT2D eigenvalue weighted by atomic mass is 9.78. The van der Waals surface area contributed by atoms with Gasteiger partial charge in [-0.05, 0) is 30.9 Å². The summed E-state index contributed by atoms with van der Waals surface area (Å²) >= 11 is 0. The summed E-state index contributed by atoms with van der Waals surface area (Å²) in [6.45, 7) is 7.18. The lowest BCUT2D eigenvalue weighted by molar-refractivity contribution is -0.137. The maximum Gasteiger partial charge on any atom is 0.255 e. The largest absolute Gasteiger partial charge is 0.383 e. The molecule has 0 saturated carbocycles. The zero-order valence-corrected chi connectivity index (χ0v) is 15.3. The fourth-order valence-electron chi connectivity index (χ4n) is 4.04. The van der Waals surface area contributed by atoms with Crippen LogP contribution >= 0.6 is 0 Å². The second-order valence-electron chi connectivity index (χ2n) is 7.17. The van der Waals surface area contributed by atoms with Crippen molar-refractivity contribution in [3.8, 4) is 0 Å². The molecule has 0 unspecified atom stereocenters. The Hall–Kier alpha value is -1.95. The molecule has 6 nitrogen and oxygen atoms in total. The number of aromatic nitrogens is 1. The van der Waals surface area contributed by atoms with E-state index in [1.165, 1.54) is 0 Å². The van der Waals surface area contributed by atoms with Crippen molar-refractivity contribution in [2.75, 3.05) is 39.9 Å². The number of ether oxygens (including phenoxy) is 1. The Kier molecular flexibility index (Phi) is 5.08. The molecular formula is C19H27N3O3. The zero-order valence-electron chi connectivity index (χ0n) is 15.3. The fraction of sp³-hybridized carbons (Fsp3) is 0.632. The van der Waals surface area contributed by atoms with E-state index in [-0.39, 0.29) is 17.7 Å². The maximum absolute atomic E-state index is 13.0. The van der Waals surface area contributed by atoms with Crippen LogP contribution in [0.25, 0.3) is 0 Å². The summed E-state index contributed by atoms with van der Waals surface area (Å²) in [7, 11) is 1.65. The number of amides is 2. The summed E-state index contributed by atoms with van der Waals surface area (Å²) in [4.78, 5) is 33.8. The van der Waals surface area contributed by atoms with Gasteiger partial charge in [-0.15, -0.1) is 0 Å². The van der Waals surface area contributed by atoms with Crippen molar-refractivity contribution in [3.05, 3.63) is 29.6 Å². The molecule has 2 aliphatic rings. The summed E-state index contributed by atoms with van der Waals surface area (Å²) in [6, 6.07) is 3.74. The molecule has 0 aliphatic carbocycles. The van der Waals surface area contributed by atoms with E-state index in [1.54, 1.807) is 13.3 Å². The molecule has 2 saturated heterocycles. The van der Waals surface area contributed by atoms with Crippen molar-refractivity contribution in [1.82, 2.24) is 14.8 Å². The second kappa shape index (κ2) is 7.12. The molecule has 0 N–H and O–H groups in total. The van der Waals surface area contributed by atoms with Gasteiger partial charge >= 0.3 is 0 Å². The van der Waals surface area contributed by atoms with Gasteiger partial charge in [0.05, 0.1) is 17.6 Å². The predicted molar refractivity (Wildman–Crippen MR) is 94.2 cm³/mol. The van der Waals surface area contributed by atoms with Crippen LogP contribution in [0.3, 0.4) is 0 Å². The number of methoxy groups -OCH3 is 1. The minimum absolute atomic E-state index is 0.0259. The molecule has 2 aliphatic heterocycles. The molecule has 1 aromatic heterocycles. The third kappa shape index (κ3) is 3.15. The SMILES string of the molecule is CCc1ccc(C(=O)N2C[C@@H](C)[C@@]3(CCN(CCOC)C3=O)C2)cn1. The summed E-state index contributed by atoms with van der Waals surface area (Å²) in [5, 5.41) is 0. The first kappa shape index (κ1) is 17.9. The van der Waals surface area contributed by atoms with Crippen molar-refractivity contribution >= 4 is 11.8 Å². The first-order valence-corrected chi connectivity index (χ1v) is 9.04. The van der Waals surface area contributed by atoms with Crippen LogP contribution in [0, 0.1) is 11.3 Å². The third-order valence-electron chi connectivity index (χ3n) is 5.74. The smallest absolute Gasteiger partial charge is 0.255 e. The van der Waals surface area contributed by atoms with Crippen molar-refractivity contribution in [2.45, 2.75) is 26.7 Å². The van der Waals surface area contributed by atoms with Crippen LogP contribution in [0.5, 0.6) is 0 Å². The lowest BCUT2D eigenvalue weighted by Gasteiger charge is -2.26. The predicted octanol–water partition coefficient (Wildman–Crippen LogP) is 1.60. The first-order chi connectivity index (χ1) is 12.0. The number of pyridine rings is 1. The standard InChI is InChI=1S/C19H27N3O3/c1-4-16-6-5-15(11-20-16)17(23)22-12-14(2)19(13-22)7-8-21(18(19)24)9-10-25-3/h5-6,11,14H,4,7-10,12-13H2,1-3H3/t14-,19-/m1/s1. The van der Waals surface area contributed by atoms with Crippen molar-refractivity contribution < 1.29 is 14.3 Å².